The molecule has 8 nitrogen and oxygen atoms in total. The molecule has 146 valence electrons. The Hall–Kier alpha value is -3.39. The lowest BCUT2D eigenvalue weighted by Gasteiger charge is -2.22. The first kappa shape index (κ1) is 19.4. The fourth-order valence-electron chi connectivity index (χ4n) is 3.33. The fraction of sp³-hybridized carbons (Fsp3) is 0.250. The molecular formula is C20H20N2O6. The van der Waals surface area contributed by atoms with E-state index in [9.17, 15) is 19.5 Å². The van der Waals surface area contributed by atoms with Gasteiger partial charge in [0.25, 0.3) is 5.91 Å². The van der Waals surface area contributed by atoms with Crippen molar-refractivity contribution >= 4 is 23.3 Å². The van der Waals surface area contributed by atoms with Gasteiger partial charge < -0.3 is 20.3 Å². The number of primary amides is 1. The number of Topliss-reactive ketones (excluding diaryl/α,β-unsaturated/α-hetero) is 1. The number of carbonyl (C=O) groups excluding carboxylic acids is 3. The fourth-order valence-corrected chi connectivity index (χ4v) is 3.33. The Morgan fingerprint density at radius 3 is 2.43 bits per heavy atom. The molecule has 28 heavy (non-hydrogen) atoms. The molecule has 0 aromatic heterocycles. The van der Waals surface area contributed by atoms with Gasteiger partial charge in [-0.05, 0) is 24.3 Å². The second kappa shape index (κ2) is 7.32. The number of anilines is 1. The molecule has 1 atom stereocenters. The number of ether oxygens (including phenoxy) is 2. The van der Waals surface area contributed by atoms with E-state index >= 15 is 0 Å². The predicted octanol–water partition coefficient (Wildman–Crippen LogP) is 0.996. The quantitative estimate of drug-likeness (QED) is 0.687. The molecule has 0 unspecified atom stereocenters. The normalized spacial score (nSPS) is 18.0. The summed E-state index contributed by atoms with van der Waals surface area (Å²) in [6, 6.07) is 11.0. The largest absolute Gasteiger partial charge is 0.493 e. The van der Waals surface area contributed by atoms with Crippen molar-refractivity contribution in [3.05, 3.63) is 53.6 Å². The molecule has 0 aliphatic carbocycles. The van der Waals surface area contributed by atoms with Crippen LogP contribution < -0.4 is 20.1 Å². The van der Waals surface area contributed by atoms with E-state index in [1.165, 1.54) is 26.4 Å². The number of rotatable bonds is 7. The number of carbonyl (C=O) groups is 3. The van der Waals surface area contributed by atoms with Crippen molar-refractivity contribution in [2.45, 2.75) is 12.0 Å². The number of fused-ring (bicyclic) bond motifs is 1. The molecule has 1 aliphatic rings. The first-order chi connectivity index (χ1) is 13.3. The van der Waals surface area contributed by atoms with E-state index in [4.69, 9.17) is 15.2 Å². The smallest absolute Gasteiger partial charge is 0.264 e. The van der Waals surface area contributed by atoms with Gasteiger partial charge in [-0.1, -0.05) is 18.2 Å². The van der Waals surface area contributed by atoms with E-state index in [0.717, 1.165) is 4.90 Å². The van der Waals surface area contributed by atoms with Crippen molar-refractivity contribution in [1.29, 1.82) is 0 Å². The topological polar surface area (TPSA) is 119 Å². The number of amides is 2. The van der Waals surface area contributed by atoms with Crippen LogP contribution in [0.25, 0.3) is 0 Å². The first-order valence-corrected chi connectivity index (χ1v) is 8.49. The Kier molecular flexibility index (Phi) is 5.06. The third kappa shape index (κ3) is 3.18. The number of aliphatic hydroxyl groups is 1. The van der Waals surface area contributed by atoms with Crippen LogP contribution in [0.4, 0.5) is 5.69 Å². The Bertz CT molecular complexity index is 957. The number of benzene rings is 2. The zero-order chi connectivity index (χ0) is 20.5. The van der Waals surface area contributed by atoms with E-state index in [-0.39, 0.29) is 17.7 Å². The second-order valence-corrected chi connectivity index (χ2v) is 6.40. The van der Waals surface area contributed by atoms with Crippen molar-refractivity contribution in [1.82, 2.24) is 0 Å². The molecule has 1 aliphatic heterocycles. The van der Waals surface area contributed by atoms with Gasteiger partial charge in [0.15, 0.2) is 22.9 Å². The lowest BCUT2D eigenvalue weighted by atomic mass is 9.88. The molecule has 2 aromatic rings. The zero-order valence-corrected chi connectivity index (χ0v) is 15.5. The molecule has 0 radical (unpaired) electrons. The van der Waals surface area contributed by atoms with Crippen LogP contribution in [0.5, 0.6) is 11.5 Å². The third-order valence-electron chi connectivity index (χ3n) is 4.68. The summed E-state index contributed by atoms with van der Waals surface area (Å²) in [5.41, 5.74) is 4.01. The summed E-state index contributed by atoms with van der Waals surface area (Å²) in [4.78, 5) is 38.2. The molecular weight excluding hydrogens is 364 g/mol. The van der Waals surface area contributed by atoms with Gasteiger partial charge >= 0.3 is 0 Å². The van der Waals surface area contributed by atoms with Crippen LogP contribution in [0.2, 0.25) is 0 Å². The molecule has 3 rings (SSSR count). The van der Waals surface area contributed by atoms with E-state index in [2.05, 4.69) is 0 Å². The number of para-hydroxylation sites is 1. The lowest BCUT2D eigenvalue weighted by Crippen LogP contribution is -2.44. The van der Waals surface area contributed by atoms with Gasteiger partial charge in [-0.2, -0.15) is 0 Å². The maximum atomic E-state index is 12.9. The Morgan fingerprint density at radius 2 is 1.79 bits per heavy atom. The maximum absolute atomic E-state index is 12.9. The van der Waals surface area contributed by atoms with Crippen LogP contribution in [-0.4, -0.2) is 43.5 Å². The van der Waals surface area contributed by atoms with Gasteiger partial charge in [0, 0.05) is 11.1 Å². The number of nitrogens with zero attached hydrogens (tertiary/aromatic N) is 1. The van der Waals surface area contributed by atoms with Gasteiger partial charge in [-0.25, -0.2) is 0 Å². The average Bonchev–Trinajstić information content (AvgIpc) is 2.89. The van der Waals surface area contributed by atoms with Crippen LogP contribution in [0, 0.1) is 0 Å². The van der Waals surface area contributed by atoms with Gasteiger partial charge in [0.2, 0.25) is 5.91 Å². The summed E-state index contributed by atoms with van der Waals surface area (Å²) in [6.07, 6.45) is -0.492. The molecule has 1 heterocycles. The number of hydrogen-bond donors (Lipinski definition) is 2. The summed E-state index contributed by atoms with van der Waals surface area (Å²) in [5.74, 6) is -1.14. The predicted molar refractivity (Wildman–Crippen MR) is 100 cm³/mol. The van der Waals surface area contributed by atoms with Crippen LogP contribution in [-0.2, 0) is 15.2 Å². The van der Waals surface area contributed by atoms with E-state index in [1.807, 2.05) is 0 Å². The molecule has 0 bridgehead atoms. The summed E-state index contributed by atoms with van der Waals surface area (Å²) in [7, 11) is 2.92. The summed E-state index contributed by atoms with van der Waals surface area (Å²) >= 11 is 0. The molecule has 2 amide bonds. The Morgan fingerprint density at radius 1 is 1.11 bits per heavy atom. The number of hydrogen-bond acceptors (Lipinski definition) is 6. The minimum absolute atomic E-state index is 0.254. The highest BCUT2D eigenvalue weighted by Gasteiger charge is 2.51. The minimum Gasteiger partial charge on any atom is -0.493 e. The van der Waals surface area contributed by atoms with Gasteiger partial charge in [-0.3, -0.25) is 19.3 Å². The Labute approximate surface area is 161 Å². The highest BCUT2D eigenvalue weighted by Crippen LogP contribution is 2.43. The van der Waals surface area contributed by atoms with E-state index < -0.39 is 29.6 Å². The highest BCUT2D eigenvalue weighted by molar-refractivity contribution is 6.12. The van der Waals surface area contributed by atoms with E-state index in [0.29, 0.717) is 17.2 Å². The van der Waals surface area contributed by atoms with Crippen LogP contribution in [0.1, 0.15) is 22.3 Å². The SMILES string of the molecule is COc1ccc(C(=O)C[C@@]2(O)C(=O)N(CC(N)=O)c3ccccc32)cc1OC. The maximum Gasteiger partial charge on any atom is 0.264 e. The monoisotopic (exact) mass is 384 g/mol. The molecule has 0 saturated heterocycles. The van der Waals surface area contributed by atoms with Gasteiger partial charge in [0.1, 0.15) is 6.54 Å². The van der Waals surface area contributed by atoms with Crippen LogP contribution in [0.15, 0.2) is 42.5 Å². The average molecular weight is 384 g/mol. The summed E-state index contributed by atoms with van der Waals surface area (Å²) < 4.78 is 10.3. The number of ketones is 1. The minimum atomic E-state index is -2.09. The molecule has 3 N–H and O–H groups in total. The lowest BCUT2D eigenvalue weighted by molar-refractivity contribution is -0.136. The Balaban J connectivity index is 1.96. The van der Waals surface area contributed by atoms with Gasteiger partial charge in [0.05, 0.1) is 26.3 Å². The van der Waals surface area contributed by atoms with Crippen molar-refractivity contribution in [2.75, 3.05) is 25.7 Å². The number of nitrogens with two attached hydrogens (primary N) is 1. The zero-order valence-electron chi connectivity index (χ0n) is 15.5. The van der Waals surface area contributed by atoms with Crippen LogP contribution in [0.3, 0.4) is 0 Å². The van der Waals surface area contributed by atoms with Gasteiger partial charge in [-0.15, -0.1) is 0 Å². The standard InChI is InChI=1S/C20H20N2O6/c1-27-16-8-7-12(9-17(16)28-2)15(23)10-20(26)13-5-3-4-6-14(13)22(19(20)25)11-18(21)24/h3-9,26H,10-11H2,1-2H3,(H2,21,24)/t20-/m0/s1. The van der Waals surface area contributed by atoms with Crippen LogP contribution >= 0.6 is 0 Å². The molecule has 8 heteroatoms. The van der Waals surface area contributed by atoms with E-state index in [1.54, 1.807) is 30.3 Å². The van der Waals surface area contributed by atoms with Crippen molar-refractivity contribution < 1.29 is 29.0 Å². The van der Waals surface area contributed by atoms with Crippen molar-refractivity contribution in [2.24, 2.45) is 5.73 Å². The van der Waals surface area contributed by atoms with Crippen molar-refractivity contribution in [3.8, 4) is 11.5 Å². The third-order valence-corrected chi connectivity index (χ3v) is 4.68. The van der Waals surface area contributed by atoms with Crippen molar-refractivity contribution in [3.63, 3.8) is 0 Å². The molecule has 0 spiro atoms. The molecule has 2 aromatic carbocycles. The number of methoxy groups -OCH3 is 2. The highest BCUT2D eigenvalue weighted by atomic mass is 16.5. The first-order valence-electron chi connectivity index (χ1n) is 8.49. The molecule has 0 saturated carbocycles. The molecule has 0 fully saturated rings. The summed E-state index contributed by atoms with van der Waals surface area (Å²) in [6.45, 7) is -0.386. The second-order valence-electron chi connectivity index (χ2n) is 6.40. The summed E-state index contributed by atoms with van der Waals surface area (Å²) in [5, 5.41) is 11.1.